The van der Waals surface area contributed by atoms with Gasteiger partial charge in [0.15, 0.2) is 0 Å². The standard InChI is InChI=1S/C8H2Cl2F4O/c9-5-2-3(11)1-4(8(12,13)14)6(5)7(10)15/h1-2H. The van der Waals surface area contributed by atoms with Gasteiger partial charge >= 0.3 is 6.18 Å². The molecule has 0 aliphatic carbocycles. The first-order chi connectivity index (χ1) is 6.73. The van der Waals surface area contributed by atoms with Crippen LogP contribution >= 0.6 is 23.2 Å². The molecule has 1 aromatic rings. The van der Waals surface area contributed by atoms with Gasteiger partial charge in [0.05, 0.1) is 16.1 Å². The van der Waals surface area contributed by atoms with Gasteiger partial charge in [0.2, 0.25) is 0 Å². The summed E-state index contributed by atoms with van der Waals surface area (Å²) in [6, 6.07) is 0.758. The molecule has 0 amide bonds. The molecule has 1 nitrogen and oxygen atoms in total. The van der Waals surface area contributed by atoms with Gasteiger partial charge in [-0.05, 0) is 23.7 Å². The molecule has 0 saturated carbocycles. The number of hydrogen-bond donors (Lipinski definition) is 0. The van der Waals surface area contributed by atoms with Crippen LogP contribution in [0.3, 0.4) is 0 Å². The van der Waals surface area contributed by atoms with Crippen molar-refractivity contribution in [1.82, 2.24) is 0 Å². The molecule has 0 bridgehead atoms. The molecule has 0 aromatic heterocycles. The molecule has 0 N–H and O–H groups in total. The zero-order valence-electron chi connectivity index (χ0n) is 6.83. The summed E-state index contributed by atoms with van der Waals surface area (Å²) in [6.07, 6.45) is -4.88. The SMILES string of the molecule is O=C(Cl)c1c(Cl)cc(F)cc1C(F)(F)F. The molecule has 15 heavy (non-hydrogen) atoms. The Morgan fingerprint density at radius 1 is 1.27 bits per heavy atom. The summed E-state index contributed by atoms with van der Waals surface area (Å²) in [5, 5.41) is -2.05. The van der Waals surface area contributed by atoms with Crippen molar-refractivity contribution < 1.29 is 22.4 Å². The average molecular weight is 261 g/mol. The van der Waals surface area contributed by atoms with Crippen LogP contribution in [0.1, 0.15) is 15.9 Å². The van der Waals surface area contributed by atoms with Crippen molar-refractivity contribution in [2.45, 2.75) is 6.18 Å². The van der Waals surface area contributed by atoms with Crippen LogP contribution in [0.25, 0.3) is 0 Å². The van der Waals surface area contributed by atoms with E-state index in [0.717, 1.165) is 0 Å². The number of halogens is 6. The van der Waals surface area contributed by atoms with Crippen LogP contribution in [0.15, 0.2) is 12.1 Å². The number of hydrogen-bond acceptors (Lipinski definition) is 1. The summed E-state index contributed by atoms with van der Waals surface area (Å²) >= 11 is 10.2. The van der Waals surface area contributed by atoms with Crippen LogP contribution in [0, 0.1) is 5.82 Å². The Bertz CT molecular complexity index is 414. The molecule has 0 fully saturated rings. The summed E-state index contributed by atoms with van der Waals surface area (Å²) in [5.41, 5.74) is -2.42. The third-order valence-corrected chi connectivity index (χ3v) is 2.04. The summed E-state index contributed by atoms with van der Waals surface area (Å²) < 4.78 is 49.7. The largest absolute Gasteiger partial charge is 0.417 e. The van der Waals surface area contributed by atoms with Crippen LogP contribution in [0.5, 0.6) is 0 Å². The normalized spacial score (nSPS) is 11.6. The van der Waals surface area contributed by atoms with E-state index in [1.807, 2.05) is 0 Å². The average Bonchev–Trinajstić information content (AvgIpc) is 1.99. The molecular formula is C8H2Cl2F4O. The van der Waals surface area contributed by atoms with Crippen molar-refractivity contribution in [2.24, 2.45) is 0 Å². The minimum Gasteiger partial charge on any atom is -0.276 e. The summed E-state index contributed by atoms with van der Waals surface area (Å²) in [6.45, 7) is 0. The van der Waals surface area contributed by atoms with E-state index in [-0.39, 0.29) is 6.07 Å². The maximum Gasteiger partial charge on any atom is 0.417 e. The first kappa shape index (κ1) is 12.3. The highest BCUT2D eigenvalue weighted by molar-refractivity contribution is 6.69. The quantitative estimate of drug-likeness (QED) is 0.553. The molecule has 0 unspecified atom stereocenters. The van der Waals surface area contributed by atoms with E-state index in [1.54, 1.807) is 0 Å². The van der Waals surface area contributed by atoms with Gasteiger partial charge in [-0.15, -0.1) is 0 Å². The van der Waals surface area contributed by atoms with Gasteiger partial charge in [-0.2, -0.15) is 13.2 Å². The van der Waals surface area contributed by atoms with E-state index in [2.05, 4.69) is 0 Å². The second-order valence-electron chi connectivity index (χ2n) is 2.58. The van der Waals surface area contributed by atoms with E-state index in [9.17, 15) is 22.4 Å². The molecule has 0 spiro atoms. The zero-order valence-corrected chi connectivity index (χ0v) is 8.34. The van der Waals surface area contributed by atoms with Gasteiger partial charge in [0.1, 0.15) is 5.82 Å². The van der Waals surface area contributed by atoms with Crippen molar-refractivity contribution in [3.63, 3.8) is 0 Å². The monoisotopic (exact) mass is 260 g/mol. The van der Waals surface area contributed by atoms with Crippen LogP contribution < -0.4 is 0 Å². The first-order valence-corrected chi connectivity index (χ1v) is 4.25. The van der Waals surface area contributed by atoms with Crippen LogP contribution in [0.4, 0.5) is 17.6 Å². The predicted octanol–water partition coefficient (Wildman–Crippen LogP) is 3.88. The first-order valence-electron chi connectivity index (χ1n) is 3.49. The molecule has 0 atom stereocenters. The van der Waals surface area contributed by atoms with Crippen molar-refractivity contribution in [3.05, 3.63) is 34.1 Å². The van der Waals surface area contributed by atoms with Gasteiger partial charge in [-0.1, -0.05) is 11.6 Å². The molecule has 0 saturated heterocycles. The number of alkyl halides is 3. The lowest BCUT2D eigenvalue weighted by Gasteiger charge is -2.11. The van der Waals surface area contributed by atoms with Crippen LogP contribution in [-0.2, 0) is 6.18 Å². The molecule has 7 heteroatoms. The molecular weight excluding hydrogens is 259 g/mol. The summed E-state index contributed by atoms with van der Waals surface area (Å²) in [7, 11) is 0. The molecule has 0 heterocycles. The topological polar surface area (TPSA) is 17.1 Å². The highest BCUT2D eigenvalue weighted by atomic mass is 35.5. The van der Waals surface area contributed by atoms with E-state index in [4.69, 9.17) is 23.2 Å². The fourth-order valence-corrected chi connectivity index (χ4v) is 1.54. The lowest BCUT2D eigenvalue weighted by molar-refractivity contribution is -0.138. The molecule has 0 aliphatic heterocycles. The molecule has 0 radical (unpaired) electrons. The van der Waals surface area contributed by atoms with Gasteiger partial charge in [-0.25, -0.2) is 4.39 Å². The zero-order chi connectivity index (χ0) is 11.8. The van der Waals surface area contributed by atoms with E-state index >= 15 is 0 Å². The highest BCUT2D eigenvalue weighted by Gasteiger charge is 2.36. The highest BCUT2D eigenvalue weighted by Crippen LogP contribution is 2.36. The Kier molecular flexibility index (Phi) is 3.25. The second-order valence-corrected chi connectivity index (χ2v) is 3.33. The minimum atomic E-state index is -4.88. The Hall–Kier alpha value is -0.810. The van der Waals surface area contributed by atoms with Crippen molar-refractivity contribution >= 4 is 28.4 Å². The van der Waals surface area contributed by atoms with Crippen LogP contribution in [0.2, 0.25) is 5.02 Å². The predicted molar refractivity (Wildman–Crippen MR) is 46.6 cm³/mol. The maximum absolute atomic E-state index is 12.7. The molecule has 1 aromatic carbocycles. The van der Waals surface area contributed by atoms with E-state index < -0.39 is 33.4 Å². The third kappa shape index (κ3) is 2.60. The second kappa shape index (κ2) is 3.98. The van der Waals surface area contributed by atoms with E-state index in [1.165, 1.54) is 0 Å². The number of benzene rings is 1. The Labute approximate surface area is 91.6 Å². The maximum atomic E-state index is 12.7. The van der Waals surface area contributed by atoms with Crippen molar-refractivity contribution in [1.29, 1.82) is 0 Å². The lowest BCUT2D eigenvalue weighted by atomic mass is 10.1. The lowest BCUT2D eigenvalue weighted by Crippen LogP contribution is -2.12. The minimum absolute atomic E-state index is 0.168. The molecule has 82 valence electrons. The summed E-state index contributed by atoms with van der Waals surface area (Å²) in [5.74, 6) is -1.19. The number of rotatable bonds is 1. The van der Waals surface area contributed by atoms with Crippen molar-refractivity contribution in [3.8, 4) is 0 Å². The van der Waals surface area contributed by atoms with Gasteiger partial charge in [0.25, 0.3) is 5.24 Å². The Balaban J connectivity index is 3.54. The van der Waals surface area contributed by atoms with Crippen LogP contribution in [-0.4, -0.2) is 5.24 Å². The Morgan fingerprint density at radius 2 is 1.80 bits per heavy atom. The van der Waals surface area contributed by atoms with E-state index in [0.29, 0.717) is 6.07 Å². The van der Waals surface area contributed by atoms with Gasteiger partial charge in [0, 0.05) is 0 Å². The smallest absolute Gasteiger partial charge is 0.276 e. The summed E-state index contributed by atoms with van der Waals surface area (Å²) in [4.78, 5) is 10.7. The van der Waals surface area contributed by atoms with Gasteiger partial charge < -0.3 is 0 Å². The molecule has 1 rings (SSSR count). The Morgan fingerprint density at radius 3 is 2.20 bits per heavy atom. The van der Waals surface area contributed by atoms with Crippen molar-refractivity contribution in [2.75, 3.05) is 0 Å². The fourth-order valence-electron chi connectivity index (χ4n) is 0.997. The number of carbonyl (C=O) groups excluding carboxylic acids is 1. The molecule has 0 aliphatic rings. The van der Waals surface area contributed by atoms with Gasteiger partial charge in [-0.3, -0.25) is 4.79 Å². The number of carbonyl (C=O) groups is 1. The third-order valence-electron chi connectivity index (χ3n) is 1.56. The fraction of sp³-hybridized carbons (Fsp3) is 0.125.